The summed E-state index contributed by atoms with van der Waals surface area (Å²) in [5.41, 5.74) is 0.667. The first-order valence-corrected chi connectivity index (χ1v) is 10.5. The van der Waals surface area contributed by atoms with Crippen molar-refractivity contribution in [1.82, 2.24) is 19.8 Å². The van der Waals surface area contributed by atoms with Gasteiger partial charge in [-0.25, -0.2) is 8.42 Å². The van der Waals surface area contributed by atoms with Crippen LogP contribution in [-0.2, 0) is 10.0 Å². The summed E-state index contributed by atoms with van der Waals surface area (Å²) in [5.74, 6) is 0.328. The minimum absolute atomic E-state index is 0.0770. The molecule has 26 heavy (non-hydrogen) atoms. The standard InChI is InChI=1S/C15H14Cl2N4O3S2/c1-8(2)12(21-26(22,23)10-6-11(16)25-13(10)17)15-19-14(20-24-15)9-4-3-5-18-7-9/h3-8,12,21H,1-2H3. The van der Waals surface area contributed by atoms with Gasteiger partial charge in [0.2, 0.25) is 21.7 Å². The smallest absolute Gasteiger partial charge is 0.245 e. The summed E-state index contributed by atoms with van der Waals surface area (Å²) in [6.07, 6.45) is 3.22. The Hall–Kier alpha value is -1.52. The predicted octanol–water partition coefficient (Wildman–Crippen LogP) is 4.18. The first kappa shape index (κ1) is 19.2. The molecule has 0 fully saturated rings. The third-order valence-electron chi connectivity index (χ3n) is 3.49. The van der Waals surface area contributed by atoms with Gasteiger partial charge in [0.1, 0.15) is 15.3 Å². The molecule has 1 atom stereocenters. The van der Waals surface area contributed by atoms with Crippen molar-refractivity contribution in [3.63, 3.8) is 0 Å². The molecule has 3 heterocycles. The van der Waals surface area contributed by atoms with Crippen LogP contribution in [0.25, 0.3) is 11.4 Å². The Morgan fingerprint density at radius 2 is 2.08 bits per heavy atom. The van der Waals surface area contributed by atoms with Gasteiger partial charge in [0, 0.05) is 18.0 Å². The highest BCUT2D eigenvalue weighted by Gasteiger charge is 2.30. The van der Waals surface area contributed by atoms with E-state index in [2.05, 4.69) is 19.8 Å². The highest BCUT2D eigenvalue weighted by molar-refractivity contribution is 7.89. The van der Waals surface area contributed by atoms with Crippen molar-refractivity contribution < 1.29 is 12.9 Å². The van der Waals surface area contributed by atoms with Crippen LogP contribution in [0.5, 0.6) is 0 Å². The fraction of sp³-hybridized carbons (Fsp3) is 0.267. The number of hydrogen-bond acceptors (Lipinski definition) is 7. The van der Waals surface area contributed by atoms with Crippen LogP contribution in [0.4, 0.5) is 0 Å². The van der Waals surface area contributed by atoms with Crippen molar-refractivity contribution >= 4 is 44.6 Å². The molecule has 0 aliphatic carbocycles. The number of aromatic nitrogens is 3. The highest BCUT2D eigenvalue weighted by atomic mass is 35.5. The quantitative estimate of drug-likeness (QED) is 0.627. The summed E-state index contributed by atoms with van der Waals surface area (Å²) in [6, 6.07) is 4.11. The predicted molar refractivity (Wildman–Crippen MR) is 99.8 cm³/mol. The molecule has 0 spiro atoms. The largest absolute Gasteiger partial charge is 0.337 e. The maximum absolute atomic E-state index is 12.7. The van der Waals surface area contributed by atoms with E-state index in [0.717, 1.165) is 11.3 Å². The van der Waals surface area contributed by atoms with Gasteiger partial charge in [0.25, 0.3) is 0 Å². The van der Waals surface area contributed by atoms with Crippen molar-refractivity contribution in [1.29, 1.82) is 0 Å². The molecule has 0 radical (unpaired) electrons. The van der Waals surface area contributed by atoms with E-state index in [-0.39, 0.29) is 25.4 Å². The number of thiophene rings is 1. The van der Waals surface area contributed by atoms with Gasteiger partial charge in [-0.1, -0.05) is 42.2 Å². The minimum Gasteiger partial charge on any atom is -0.337 e. The first-order valence-electron chi connectivity index (χ1n) is 7.49. The Morgan fingerprint density at radius 1 is 1.31 bits per heavy atom. The van der Waals surface area contributed by atoms with Gasteiger partial charge in [-0.15, -0.1) is 11.3 Å². The molecule has 11 heteroatoms. The van der Waals surface area contributed by atoms with Gasteiger partial charge < -0.3 is 4.52 Å². The Morgan fingerprint density at radius 3 is 2.65 bits per heavy atom. The molecular weight excluding hydrogens is 419 g/mol. The number of halogens is 2. The first-order chi connectivity index (χ1) is 12.3. The second-order valence-electron chi connectivity index (χ2n) is 5.73. The lowest BCUT2D eigenvalue weighted by Gasteiger charge is -2.18. The van der Waals surface area contributed by atoms with Crippen LogP contribution in [0, 0.1) is 5.92 Å². The molecule has 0 aromatic carbocycles. The molecule has 7 nitrogen and oxygen atoms in total. The number of hydrogen-bond donors (Lipinski definition) is 1. The number of nitrogens with one attached hydrogen (secondary N) is 1. The number of pyridine rings is 1. The van der Waals surface area contributed by atoms with Crippen LogP contribution in [0.3, 0.4) is 0 Å². The molecule has 1 unspecified atom stereocenters. The lowest BCUT2D eigenvalue weighted by molar-refractivity contribution is 0.311. The lowest BCUT2D eigenvalue weighted by atomic mass is 10.1. The Bertz CT molecular complexity index is 1000. The van der Waals surface area contributed by atoms with Crippen LogP contribution < -0.4 is 4.72 Å². The van der Waals surface area contributed by atoms with Crippen molar-refractivity contribution in [2.24, 2.45) is 5.92 Å². The van der Waals surface area contributed by atoms with Gasteiger partial charge in [0.05, 0.1) is 4.34 Å². The lowest BCUT2D eigenvalue weighted by Crippen LogP contribution is -2.32. The maximum atomic E-state index is 12.7. The van der Waals surface area contributed by atoms with E-state index < -0.39 is 16.1 Å². The second-order valence-corrected chi connectivity index (χ2v) is 9.70. The van der Waals surface area contributed by atoms with E-state index >= 15 is 0 Å². The van der Waals surface area contributed by atoms with Crippen LogP contribution in [-0.4, -0.2) is 23.5 Å². The van der Waals surface area contributed by atoms with E-state index in [0.29, 0.717) is 11.4 Å². The van der Waals surface area contributed by atoms with E-state index in [9.17, 15) is 8.42 Å². The molecule has 1 N–H and O–H groups in total. The third-order valence-corrected chi connectivity index (χ3v) is 6.69. The zero-order valence-corrected chi connectivity index (χ0v) is 16.8. The third kappa shape index (κ3) is 4.07. The molecule has 3 aromatic heterocycles. The van der Waals surface area contributed by atoms with E-state index in [1.54, 1.807) is 24.5 Å². The van der Waals surface area contributed by atoms with Gasteiger partial charge >= 0.3 is 0 Å². The molecule has 0 amide bonds. The van der Waals surface area contributed by atoms with Gasteiger partial charge in [-0.05, 0) is 24.1 Å². The fourth-order valence-corrected chi connectivity index (χ4v) is 5.67. The Kier molecular flexibility index (Phi) is 5.64. The second kappa shape index (κ2) is 7.61. The molecule has 138 valence electrons. The summed E-state index contributed by atoms with van der Waals surface area (Å²) in [7, 11) is -3.91. The number of rotatable bonds is 6. The SMILES string of the molecule is CC(C)C(NS(=O)(=O)c1cc(Cl)sc1Cl)c1nc(-c2cccnc2)no1. The van der Waals surface area contributed by atoms with Crippen molar-refractivity contribution in [2.75, 3.05) is 0 Å². The topological polar surface area (TPSA) is 98.0 Å². The molecule has 0 saturated carbocycles. The highest BCUT2D eigenvalue weighted by Crippen LogP contribution is 2.35. The van der Waals surface area contributed by atoms with Crippen molar-refractivity contribution in [2.45, 2.75) is 24.8 Å². The normalized spacial score (nSPS) is 13.3. The Balaban J connectivity index is 1.91. The number of sulfonamides is 1. The van der Waals surface area contributed by atoms with Crippen LogP contribution in [0.2, 0.25) is 8.67 Å². The Labute approximate surface area is 164 Å². The van der Waals surface area contributed by atoms with Crippen molar-refractivity contribution in [3.05, 3.63) is 45.2 Å². The molecule has 3 rings (SSSR count). The number of nitrogens with zero attached hydrogens (tertiary/aromatic N) is 3. The van der Waals surface area contributed by atoms with E-state index in [1.807, 2.05) is 13.8 Å². The summed E-state index contributed by atoms with van der Waals surface area (Å²) < 4.78 is 33.6. The van der Waals surface area contributed by atoms with Crippen LogP contribution in [0.15, 0.2) is 40.0 Å². The average Bonchev–Trinajstić information content (AvgIpc) is 3.20. The van der Waals surface area contributed by atoms with Gasteiger partial charge in [-0.2, -0.15) is 9.71 Å². The monoisotopic (exact) mass is 432 g/mol. The van der Waals surface area contributed by atoms with E-state index in [4.69, 9.17) is 27.7 Å². The summed E-state index contributed by atoms with van der Waals surface area (Å²) >= 11 is 12.8. The fourth-order valence-electron chi connectivity index (χ4n) is 2.18. The zero-order chi connectivity index (χ0) is 18.9. The maximum Gasteiger partial charge on any atom is 0.245 e. The average molecular weight is 433 g/mol. The van der Waals surface area contributed by atoms with Gasteiger partial charge in [-0.3, -0.25) is 4.98 Å². The molecule has 0 saturated heterocycles. The van der Waals surface area contributed by atoms with Crippen molar-refractivity contribution in [3.8, 4) is 11.4 Å². The van der Waals surface area contributed by atoms with Gasteiger partial charge in [0.15, 0.2) is 0 Å². The zero-order valence-electron chi connectivity index (χ0n) is 13.7. The minimum atomic E-state index is -3.91. The molecule has 3 aromatic rings. The molecule has 0 aliphatic heterocycles. The molecular formula is C15H14Cl2N4O3S2. The molecule has 0 bridgehead atoms. The summed E-state index contributed by atoms with van der Waals surface area (Å²) in [6.45, 7) is 3.67. The summed E-state index contributed by atoms with van der Waals surface area (Å²) in [4.78, 5) is 8.23. The van der Waals surface area contributed by atoms with Crippen LogP contribution >= 0.6 is 34.5 Å². The molecule has 0 aliphatic rings. The summed E-state index contributed by atoms with van der Waals surface area (Å²) in [5, 5.41) is 3.91. The van der Waals surface area contributed by atoms with Crippen LogP contribution in [0.1, 0.15) is 25.8 Å². The van der Waals surface area contributed by atoms with E-state index in [1.165, 1.54) is 6.07 Å².